The summed E-state index contributed by atoms with van der Waals surface area (Å²) in [7, 11) is 0. The van der Waals surface area contributed by atoms with E-state index in [9.17, 15) is 9.59 Å². The van der Waals surface area contributed by atoms with Gasteiger partial charge >= 0.3 is 6.09 Å². The van der Waals surface area contributed by atoms with Crippen molar-refractivity contribution in [2.45, 2.75) is 51.7 Å². The number of carbonyl (C=O) groups excluding carboxylic acids is 2. The number of rotatable bonds is 2. The fourth-order valence-corrected chi connectivity index (χ4v) is 2.66. The molecule has 1 aliphatic rings. The van der Waals surface area contributed by atoms with Gasteiger partial charge in [-0.15, -0.1) is 0 Å². The van der Waals surface area contributed by atoms with Crippen molar-refractivity contribution in [1.29, 1.82) is 0 Å². The molecule has 0 N–H and O–H groups in total. The molecule has 1 unspecified atom stereocenters. The van der Waals surface area contributed by atoms with Gasteiger partial charge in [-0.25, -0.2) is 9.69 Å². The normalized spacial score (nSPS) is 19.0. The summed E-state index contributed by atoms with van der Waals surface area (Å²) in [5.41, 5.74) is 0.508. The minimum atomic E-state index is -0.595. The number of imide groups is 1. The van der Waals surface area contributed by atoms with Gasteiger partial charge in [0.1, 0.15) is 5.60 Å². The summed E-state index contributed by atoms with van der Waals surface area (Å²) in [4.78, 5) is 25.5. The highest BCUT2D eigenvalue weighted by molar-refractivity contribution is 9.10. The van der Waals surface area contributed by atoms with Crippen molar-refractivity contribution in [2.24, 2.45) is 0 Å². The Hall–Kier alpha value is -1.36. The molecule has 1 aliphatic heterocycles. The highest BCUT2D eigenvalue weighted by Gasteiger charge is 2.38. The zero-order chi connectivity index (χ0) is 15.6. The number of hydrogen-bond acceptors (Lipinski definition) is 3. The summed E-state index contributed by atoms with van der Waals surface area (Å²) in [5, 5.41) is 0. The molecular formula is C16H20BrNO3. The molecular weight excluding hydrogens is 334 g/mol. The van der Waals surface area contributed by atoms with Crippen LogP contribution in [-0.4, -0.2) is 28.5 Å². The lowest BCUT2D eigenvalue weighted by atomic mass is 10.0. The Morgan fingerprint density at radius 2 is 1.95 bits per heavy atom. The van der Waals surface area contributed by atoms with E-state index in [0.29, 0.717) is 19.3 Å². The van der Waals surface area contributed by atoms with Gasteiger partial charge in [-0.2, -0.15) is 0 Å². The smallest absolute Gasteiger partial charge is 0.417 e. The summed E-state index contributed by atoms with van der Waals surface area (Å²) in [5.74, 6) is -0.147. The van der Waals surface area contributed by atoms with Crippen molar-refractivity contribution in [1.82, 2.24) is 4.90 Å². The number of amides is 2. The summed E-state index contributed by atoms with van der Waals surface area (Å²) in [6, 6.07) is 7.81. The van der Waals surface area contributed by atoms with E-state index in [1.807, 2.05) is 24.3 Å². The van der Waals surface area contributed by atoms with E-state index in [1.54, 1.807) is 20.8 Å². The fourth-order valence-electron chi connectivity index (χ4n) is 2.39. The quantitative estimate of drug-likeness (QED) is 0.809. The molecule has 2 rings (SSSR count). The first-order valence-electron chi connectivity index (χ1n) is 7.06. The first-order chi connectivity index (χ1) is 9.76. The fraction of sp³-hybridized carbons (Fsp3) is 0.500. The summed E-state index contributed by atoms with van der Waals surface area (Å²) in [6.45, 7) is 5.40. The van der Waals surface area contributed by atoms with Crippen molar-refractivity contribution in [3.63, 3.8) is 0 Å². The van der Waals surface area contributed by atoms with Crippen LogP contribution in [0.15, 0.2) is 28.7 Å². The molecule has 1 aromatic carbocycles. The molecule has 0 aliphatic carbocycles. The van der Waals surface area contributed by atoms with Crippen molar-refractivity contribution in [3.05, 3.63) is 34.3 Å². The first kappa shape index (κ1) is 16.0. The lowest BCUT2D eigenvalue weighted by Crippen LogP contribution is -2.43. The molecule has 114 valence electrons. The minimum Gasteiger partial charge on any atom is -0.443 e. The molecule has 0 radical (unpaired) electrons. The summed E-state index contributed by atoms with van der Waals surface area (Å²) in [6.07, 6.45) is 1.22. The average molecular weight is 354 g/mol. The Bertz CT molecular complexity index is 533. The van der Waals surface area contributed by atoms with E-state index in [2.05, 4.69) is 15.9 Å². The zero-order valence-corrected chi connectivity index (χ0v) is 14.1. The van der Waals surface area contributed by atoms with E-state index < -0.39 is 11.7 Å². The Kier molecular flexibility index (Phi) is 4.71. The van der Waals surface area contributed by atoms with E-state index in [0.717, 1.165) is 10.0 Å². The number of nitrogens with zero attached hydrogens (tertiary/aromatic N) is 1. The molecule has 5 heteroatoms. The predicted octanol–water partition coefficient (Wildman–Crippen LogP) is 3.92. The lowest BCUT2D eigenvalue weighted by Gasteiger charge is -2.27. The molecule has 0 spiro atoms. The van der Waals surface area contributed by atoms with Gasteiger partial charge in [0, 0.05) is 16.9 Å². The molecule has 1 fully saturated rings. The number of hydrogen-bond donors (Lipinski definition) is 0. The summed E-state index contributed by atoms with van der Waals surface area (Å²) >= 11 is 3.40. The van der Waals surface area contributed by atoms with Crippen LogP contribution in [0.1, 0.15) is 39.2 Å². The standard InChI is InChI=1S/C16H20BrNO3/c1-16(2,3)21-15(20)18-13(8-9-14(18)19)10-11-4-6-12(17)7-5-11/h4-7,13H,8-10H2,1-3H3. The molecule has 0 bridgehead atoms. The van der Waals surface area contributed by atoms with Gasteiger partial charge in [0.15, 0.2) is 0 Å². The number of halogens is 1. The van der Waals surface area contributed by atoms with Crippen molar-refractivity contribution >= 4 is 27.9 Å². The van der Waals surface area contributed by atoms with E-state index in [-0.39, 0.29) is 11.9 Å². The maximum Gasteiger partial charge on any atom is 0.417 e. The van der Waals surface area contributed by atoms with Crippen molar-refractivity contribution in [3.8, 4) is 0 Å². The number of carbonyl (C=O) groups is 2. The van der Waals surface area contributed by atoms with Gasteiger partial charge < -0.3 is 4.74 Å². The highest BCUT2D eigenvalue weighted by Crippen LogP contribution is 2.25. The molecule has 0 saturated carbocycles. The molecule has 0 aromatic heterocycles. The Morgan fingerprint density at radius 1 is 1.33 bits per heavy atom. The number of ether oxygens (including phenoxy) is 1. The van der Waals surface area contributed by atoms with Crippen LogP contribution < -0.4 is 0 Å². The third-order valence-electron chi connectivity index (χ3n) is 3.30. The van der Waals surface area contributed by atoms with Gasteiger partial charge in [-0.05, 0) is 51.3 Å². The number of benzene rings is 1. The Balaban J connectivity index is 2.09. The van der Waals surface area contributed by atoms with Crippen LogP contribution in [0.5, 0.6) is 0 Å². The second kappa shape index (κ2) is 6.18. The minimum absolute atomic E-state index is 0.117. The first-order valence-corrected chi connectivity index (χ1v) is 7.85. The highest BCUT2D eigenvalue weighted by atomic mass is 79.9. The van der Waals surface area contributed by atoms with E-state index >= 15 is 0 Å². The van der Waals surface area contributed by atoms with Gasteiger partial charge in [0.05, 0.1) is 0 Å². The zero-order valence-electron chi connectivity index (χ0n) is 12.6. The lowest BCUT2D eigenvalue weighted by molar-refractivity contribution is -0.128. The SMILES string of the molecule is CC(C)(C)OC(=O)N1C(=O)CCC1Cc1ccc(Br)cc1. The van der Waals surface area contributed by atoms with Crippen molar-refractivity contribution < 1.29 is 14.3 Å². The molecule has 4 nitrogen and oxygen atoms in total. The van der Waals surface area contributed by atoms with Gasteiger partial charge in [-0.3, -0.25) is 4.79 Å². The maximum atomic E-state index is 12.2. The third kappa shape index (κ3) is 4.30. The third-order valence-corrected chi connectivity index (χ3v) is 3.83. The topological polar surface area (TPSA) is 46.6 Å². The van der Waals surface area contributed by atoms with Crippen LogP contribution in [0.3, 0.4) is 0 Å². The molecule has 1 saturated heterocycles. The van der Waals surface area contributed by atoms with Gasteiger partial charge in [0.2, 0.25) is 5.91 Å². The van der Waals surface area contributed by atoms with Crippen LogP contribution in [0.4, 0.5) is 4.79 Å². The van der Waals surface area contributed by atoms with Crippen LogP contribution in [0.2, 0.25) is 0 Å². The largest absolute Gasteiger partial charge is 0.443 e. The van der Waals surface area contributed by atoms with E-state index in [1.165, 1.54) is 4.90 Å². The average Bonchev–Trinajstić information content (AvgIpc) is 2.71. The second-order valence-electron chi connectivity index (χ2n) is 6.27. The monoisotopic (exact) mass is 353 g/mol. The van der Waals surface area contributed by atoms with Crippen LogP contribution in [0.25, 0.3) is 0 Å². The molecule has 1 heterocycles. The van der Waals surface area contributed by atoms with Gasteiger partial charge in [0.25, 0.3) is 0 Å². The Labute approximate surface area is 133 Å². The van der Waals surface area contributed by atoms with E-state index in [4.69, 9.17) is 4.74 Å². The van der Waals surface area contributed by atoms with Gasteiger partial charge in [-0.1, -0.05) is 28.1 Å². The van der Waals surface area contributed by atoms with Crippen LogP contribution in [-0.2, 0) is 16.0 Å². The van der Waals surface area contributed by atoms with Crippen molar-refractivity contribution in [2.75, 3.05) is 0 Å². The second-order valence-corrected chi connectivity index (χ2v) is 7.18. The molecule has 1 atom stereocenters. The predicted molar refractivity (Wildman–Crippen MR) is 83.9 cm³/mol. The Morgan fingerprint density at radius 3 is 2.52 bits per heavy atom. The maximum absolute atomic E-state index is 12.2. The molecule has 2 amide bonds. The molecule has 21 heavy (non-hydrogen) atoms. The summed E-state index contributed by atoms with van der Waals surface area (Å²) < 4.78 is 6.35. The van der Waals surface area contributed by atoms with Crippen LogP contribution in [0, 0.1) is 0 Å². The van der Waals surface area contributed by atoms with Crippen LogP contribution >= 0.6 is 15.9 Å². The molecule has 1 aromatic rings. The number of likely N-dealkylation sites (tertiary alicyclic amines) is 1.